The van der Waals surface area contributed by atoms with Gasteiger partial charge in [0.05, 0.1) is 48.0 Å². The molecule has 0 saturated carbocycles. The summed E-state index contributed by atoms with van der Waals surface area (Å²) in [7, 11) is 10.7. The number of carbonyl (C=O) groups is 5. The molecule has 12 nitrogen and oxygen atoms in total. The number of aromatic nitrogens is 1. The molecule has 0 amide bonds. The third-order valence-electron chi connectivity index (χ3n) is 18.3. The number of Topliss-reactive ketones (excluding diaryl/α,β-unsaturated/α-hetero) is 5. The number of rotatable bonds is 27. The van der Waals surface area contributed by atoms with Crippen molar-refractivity contribution in [2.45, 2.75) is 124 Å². The molecule has 5 atom stereocenters. The number of benzene rings is 9. The second kappa shape index (κ2) is 43.1. The summed E-state index contributed by atoms with van der Waals surface area (Å²) in [6, 6.07) is 69.1. The molecule has 10 rings (SSSR count). The van der Waals surface area contributed by atoms with Crippen LogP contribution in [0.2, 0.25) is 10.0 Å². The summed E-state index contributed by atoms with van der Waals surface area (Å²) in [4.78, 5) is 61.8. The van der Waals surface area contributed by atoms with Crippen LogP contribution >= 0.6 is 23.2 Å². The van der Waals surface area contributed by atoms with Gasteiger partial charge >= 0.3 is 0 Å². The molecule has 105 heavy (non-hydrogen) atoms. The molecule has 0 saturated heterocycles. The Balaban J connectivity index is 0.000000206. The topological polar surface area (TPSA) is 168 Å². The lowest BCUT2D eigenvalue weighted by Gasteiger charge is -2.15. The Morgan fingerprint density at radius 2 is 0.743 bits per heavy atom. The van der Waals surface area contributed by atoms with E-state index in [1.54, 1.807) is 87.1 Å². The van der Waals surface area contributed by atoms with Gasteiger partial charge in [-0.1, -0.05) is 213 Å². The van der Waals surface area contributed by atoms with E-state index in [2.05, 4.69) is 101 Å². The van der Waals surface area contributed by atoms with Crippen molar-refractivity contribution in [1.29, 1.82) is 0 Å². The van der Waals surface area contributed by atoms with Crippen LogP contribution in [-0.2, 0) is 56.1 Å². The SMILES string of the molecule is CN[C@@H](Cc1ccc(-c2cc(C(C)C)ccc2OC)cc1)C(C)=O.CN[C@@H](Cc1ccc(-c2ccc(F)c(Cl)c2)cc1)C(C)=O.CN[C@@H](Cc1ccc(-c2ccccc2C)nc1)C(C)=O.CN[C@@H](Cc1ccc(-c2ccccc2Cl)cc1)C(C)=O.CN[C@@H](Cc1ccc(-c2ccccc2F)cc1)C(C)=O. The summed E-state index contributed by atoms with van der Waals surface area (Å²) in [5, 5.41) is 16.0. The number of ether oxygens (including phenoxy) is 1. The lowest BCUT2D eigenvalue weighted by atomic mass is 9.95. The van der Waals surface area contributed by atoms with E-state index in [0.717, 1.165) is 88.8 Å². The fourth-order valence-electron chi connectivity index (χ4n) is 11.7. The molecule has 9 aromatic carbocycles. The number of ketones is 5. The zero-order chi connectivity index (χ0) is 76.7. The van der Waals surface area contributed by atoms with Gasteiger partial charge in [0.15, 0.2) is 0 Å². The third kappa shape index (κ3) is 26.3. The number of hydrogen-bond acceptors (Lipinski definition) is 12. The van der Waals surface area contributed by atoms with Crippen molar-refractivity contribution < 1.29 is 37.5 Å². The molecule has 0 bridgehead atoms. The molecule has 0 aliphatic rings. The molecule has 0 aliphatic carbocycles. The van der Waals surface area contributed by atoms with Gasteiger partial charge in [-0.15, -0.1) is 0 Å². The Morgan fingerprint density at radius 1 is 0.381 bits per heavy atom. The molecule has 0 spiro atoms. The van der Waals surface area contributed by atoms with Crippen molar-refractivity contribution in [3.05, 3.63) is 285 Å². The maximum absolute atomic E-state index is 13.7. The van der Waals surface area contributed by atoms with Crippen LogP contribution in [0.25, 0.3) is 55.8 Å². The first-order chi connectivity index (χ1) is 50.3. The van der Waals surface area contributed by atoms with Crippen LogP contribution in [0.4, 0.5) is 8.78 Å². The first-order valence-corrected chi connectivity index (χ1v) is 36.0. The van der Waals surface area contributed by atoms with Crippen molar-refractivity contribution in [3.8, 4) is 61.5 Å². The van der Waals surface area contributed by atoms with Crippen LogP contribution in [0, 0.1) is 18.6 Å². The highest BCUT2D eigenvalue weighted by molar-refractivity contribution is 6.33. The number of hydrogen-bond donors (Lipinski definition) is 5. The van der Waals surface area contributed by atoms with Crippen molar-refractivity contribution in [3.63, 3.8) is 0 Å². The second-order valence-electron chi connectivity index (χ2n) is 26.1. The summed E-state index contributed by atoms with van der Waals surface area (Å²) in [5.74, 6) is 1.40. The lowest BCUT2D eigenvalue weighted by Crippen LogP contribution is -2.34. The van der Waals surface area contributed by atoms with Crippen LogP contribution in [0.3, 0.4) is 0 Å². The first-order valence-electron chi connectivity index (χ1n) is 35.2. The van der Waals surface area contributed by atoms with Gasteiger partial charge < -0.3 is 31.3 Å². The van der Waals surface area contributed by atoms with E-state index in [4.69, 9.17) is 27.9 Å². The summed E-state index contributed by atoms with van der Waals surface area (Å²) < 4.78 is 32.4. The normalized spacial score (nSPS) is 12.2. The summed E-state index contributed by atoms with van der Waals surface area (Å²) >= 11 is 12.0. The standard InChI is InChI=1S/C21H27NO2.C17H17ClFNO.C17H18ClNO.C17H18FNO.C17H20N2O/c1-14(2)18-10-11-21(24-5)19(13-18)17-8-6-16(7-9-17)12-20(22-4)15(3)23;1-11(21)17(20-2)9-12-3-5-13(6-4-12)14-7-8-16(19)15(18)10-14;2*1-12(20)17(19-2)11-13-7-9-14(10-8-13)15-5-3-4-6-16(15)18;1-12-6-4-5-7-15(12)16-9-8-14(11-19-16)10-17(18-3)13(2)20/h6-11,13-14,20,22H,12H2,1-5H3;3-8,10,17,20H,9H2,1-2H3;2*3-10,17,19H,11H2,1-2H3;4-9,11,17-18H,10H2,1-3H3/t20-;4*17-/m00000/s1. The van der Waals surface area contributed by atoms with Gasteiger partial charge in [0.1, 0.15) is 46.3 Å². The number of carbonyl (C=O) groups excluding carboxylic acids is 5. The van der Waals surface area contributed by atoms with Crippen molar-refractivity contribution in [2.75, 3.05) is 42.3 Å². The average Bonchev–Trinajstić information content (AvgIpc) is 0.911. The van der Waals surface area contributed by atoms with Crippen molar-refractivity contribution in [2.24, 2.45) is 0 Å². The van der Waals surface area contributed by atoms with Gasteiger partial charge in [-0.2, -0.15) is 0 Å². The van der Waals surface area contributed by atoms with Crippen molar-refractivity contribution in [1.82, 2.24) is 31.6 Å². The number of nitrogens with one attached hydrogen (secondary N) is 5. The van der Waals surface area contributed by atoms with Gasteiger partial charge in [-0.05, 0) is 224 Å². The Bertz CT molecular complexity index is 4160. The fourth-order valence-corrected chi connectivity index (χ4v) is 12.1. The second-order valence-corrected chi connectivity index (χ2v) is 27.0. The molecular weight excluding hydrogens is 1360 g/mol. The summed E-state index contributed by atoms with van der Waals surface area (Å²) in [6.45, 7) is 14.5. The Morgan fingerprint density at radius 3 is 1.11 bits per heavy atom. The smallest absolute Gasteiger partial charge is 0.147 e. The van der Waals surface area contributed by atoms with Crippen LogP contribution < -0.4 is 31.3 Å². The third-order valence-corrected chi connectivity index (χ3v) is 18.9. The molecule has 0 radical (unpaired) electrons. The molecule has 5 N–H and O–H groups in total. The Labute approximate surface area is 630 Å². The van der Waals surface area contributed by atoms with Gasteiger partial charge in [0.25, 0.3) is 0 Å². The van der Waals surface area contributed by atoms with E-state index in [-0.39, 0.29) is 70.0 Å². The van der Waals surface area contributed by atoms with E-state index < -0.39 is 5.82 Å². The Hall–Kier alpha value is -9.48. The molecule has 1 heterocycles. The minimum atomic E-state index is -0.421. The zero-order valence-corrected chi connectivity index (χ0v) is 64.3. The van der Waals surface area contributed by atoms with Crippen LogP contribution in [0.5, 0.6) is 5.75 Å². The molecule has 0 aliphatic heterocycles. The highest BCUT2D eigenvalue weighted by atomic mass is 35.5. The maximum atomic E-state index is 13.7. The zero-order valence-electron chi connectivity index (χ0n) is 62.8. The first kappa shape index (κ1) is 84.5. The molecular formula is C89H100Cl2F2N6O6. The highest BCUT2D eigenvalue weighted by Gasteiger charge is 2.18. The molecule has 1 aromatic heterocycles. The van der Waals surface area contributed by atoms with Crippen LogP contribution in [0.15, 0.2) is 225 Å². The number of pyridine rings is 1. The van der Waals surface area contributed by atoms with Gasteiger partial charge in [-0.3, -0.25) is 29.0 Å². The predicted octanol–water partition coefficient (Wildman–Crippen LogP) is 17.8. The number of halogens is 4. The Kier molecular flexibility index (Phi) is 34.7. The number of methoxy groups -OCH3 is 1. The molecule has 0 unspecified atom stereocenters. The number of aryl methyl sites for hydroxylation is 1. The quantitative estimate of drug-likeness (QED) is 0.0331. The van der Waals surface area contributed by atoms with Crippen LogP contribution in [0.1, 0.15) is 93.3 Å². The minimum Gasteiger partial charge on any atom is -0.496 e. The van der Waals surface area contributed by atoms with Crippen molar-refractivity contribution >= 4 is 52.1 Å². The molecule has 16 heteroatoms. The van der Waals surface area contributed by atoms with E-state index in [0.29, 0.717) is 43.6 Å². The van der Waals surface area contributed by atoms with E-state index in [1.807, 2.05) is 154 Å². The molecule has 550 valence electrons. The van der Waals surface area contributed by atoms with Crippen LogP contribution in [-0.4, -0.2) is 106 Å². The van der Waals surface area contributed by atoms with Gasteiger partial charge in [0.2, 0.25) is 0 Å². The van der Waals surface area contributed by atoms with E-state index in [1.165, 1.54) is 23.3 Å². The number of nitrogens with zero attached hydrogens (tertiary/aromatic N) is 1. The highest BCUT2D eigenvalue weighted by Crippen LogP contribution is 2.34. The largest absolute Gasteiger partial charge is 0.496 e. The fraction of sp³-hybridized carbons (Fsp3) is 0.281. The van der Waals surface area contributed by atoms with Gasteiger partial charge in [0, 0.05) is 33.5 Å². The maximum Gasteiger partial charge on any atom is 0.147 e. The lowest BCUT2D eigenvalue weighted by molar-refractivity contribution is -0.119. The molecule has 10 aromatic rings. The van der Waals surface area contributed by atoms with E-state index >= 15 is 0 Å². The molecule has 0 fully saturated rings. The van der Waals surface area contributed by atoms with E-state index in [9.17, 15) is 32.8 Å². The summed E-state index contributed by atoms with van der Waals surface area (Å²) in [6.07, 6.45) is 5.23. The van der Waals surface area contributed by atoms with Gasteiger partial charge in [-0.25, -0.2) is 8.78 Å². The average molecular weight is 1460 g/mol. The minimum absolute atomic E-state index is 0.114. The predicted molar refractivity (Wildman–Crippen MR) is 429 cm³/mol. The number of likely N-dealkylation sites (N-methyl/N-ethyl adjacent to an activating group) is 5. The monoisotopic (exact) mass is 1460 g/mol. The summed E-state index contributed by atoms with van der Waals surface area (Å²) in [5.41, 5.74) is 17.7.